The molecule has 1 amide bonds. The SMILES string of the molecule is O=C(CSc1cccc(Br)c1)N1CCN(S(=O)(=O)c2ccc(F)cc2)CC1. The molecule has 0 spiro atoms. The molecule has 1 aliphatic rings. The summed E-state index contributed by atoms with van der Waals surface area (Å²) in [6.45, 7) is 1.15. The Morgan fingerprint density at radius 2 is 1.74 bits per heavy atom. The number of halogens is 2. The fraction of sp³-hybridized carbons (Fsp3) is 0.278. The third kappa shape index (κ3) is 5.10. The maximum absolute atomic E-state index is 13.0. The van der Waals surface area contributed by atoms with E-state index in [1.54, 1.807) is 4.90 Å². The van der Waals surface area contributed by atoms with E-state index in [1.807, 2.05) is 24.3 Å². The summed E-state index contributed by atoms with van der Waals surface area (Å²) in [6.07, 6.45) is 0. The lowest BCUT2D eigenvalue weighted by molar-refractivity contribution is -0.129. The van der Waals surface area contributed by atoms with Gasteiger partial charge in [0.15, 0.2) is 0 Å². The molecule has 0 bridgehead atoms. The zero-order valence-corrected chi connectivity index (χ0v) is 17.6. The lowest BCUT2D eigenvalue weighted by Gasteiger charge is -2.34. The summed E-state index contributed by atoms with van der Waals surface area (Å²) < 4.78 is 40.5. The molecule has 0 radical (unpaired) electrons. The molecule has 0 N–H and O–H groups in total. The molecule has 0 aliphatic carbocycles. The summed E-state index contributed by atoms with van der Waals surface area (Å²) in [5.74, 6) is -0.188. The van der Waals surface area contributed by atoms with Gasteiger partial charge in [-0.25, -0.2) is 12.8 Å². The van der Waals surface area contributed by atoms with Gasteiger partial charge in [0.05, 0.1) is 10.6 Å². The third-order valence-electron chi connectivity index (χ3n) is 4.20. The molecule has 0 aromatic heterocycles. The van der Waals surface area contributed by atoms with Gasteiger partial charge in [-0.1, -0.05) is 22.0 Å². The van der Waals surface area contributed by atoms with Crippen molar-refractivity contribution in [2.75, 3.05) is 31.9 Å². The van der Waals surface area contributed by atoms with Gasteiger partial charge in [-0.2, -0.15) is 4.31 Å². The van der Waals surface area contributed by atoms with Gasteiger partial charge in [0.2, 0.25) is 15.9 Å². The molecule has 9 heteroatoms. The molecule has 0 atom stereocenters. The second-order valence-corrected chi connectivity index (χ2v) is 9.89. The molecular weight excluding hydrogens is 455 g/mol. The van der Waals surface area contributed by atoms with Crippen molar-refractivity contribution in [3.63, 3.8) is 0 Å². The topological polar surface area (TPSA) is 57.7 Å². The Morgan fingerprint density at radius 3 is 2.37 bits per heavy atom. The van der Waals surface area contributed by atoms with Crippen molar-refractivity contribution in [2.45, 2.75) is 9.79 Å². The number of thioether (sulfide) groups is 1. The number of carbonyl (C=O) groups is 1. The van der Waals surface area contributed by atoms with Crippen LogP contribution in [0.4, 0.5) is 4.39 Å². The second kappa shape index (κ2) is 8.72. The van der Waals surface area contributed by atoms with E-state index in [-0.39, 0.29) is 23.9 Å². The predicted molar refractivity (Wildman–Crippen MR) is 107 cm³/mol. The lowest BCUT2D eigenvalue weighted by atomic mass is 10.3. The van der Waals surface area contributed by atoms with E-state index >= 15 is 0 Å². The first-order valence-corrected chi connectivity index (χ1v) is 11.5. The Morgan fingerprint density at radius 1 is 1.07 bits per heavy atom. The molecule has 1 fully saturated rings. The van der Waals surface area contributed by atoms with Gasteiger partial charge in [0.1, 0.15) is 5.82 Å². The van der Waals surface area contributed by atoms with Gasteiger partial charge in [-0.3, -0.25) is 4.79 Å². The molecule has 0 saturated carbocycles. The lowest BCUT2D eigenvalue weighted by Crippen LogP contribution is -2.50. The maximum Gasteiger partial charge on any atom is 0.243 e. The van der Waals surface area contributed by atoms with Crippen molar-refractivity contribution in [2.24, 2.45) is 0 Å². The van der Waals surface area contributed by atoms with Gasteiger partial charge in [0.25, 0.3) is 0 Å². The number of carbonyl (C=O) groups excluding carboxylic acids is 1. The highest BCUT2D eigenvalue weighted by molar-refractivity contribution is 9.10. The van der Waals surface area contributed by atoms with Crippen molar-refractivity contribution in [1.29, 1.82) is 0 Å². The Kier molecular flexibility index (Phi) is 6.56. The fourth-order valence-electron chi connectivity index (χ4n) is 2.73. The van der Waals surface area contributed by atoms with E-state index in [9.17, 15) is 17.6 Å². The molecule has 1 heterocycles. The summed E-state index contributed by atoms with van der Waals surface area (Å²) >= 11 is 4.85. The van der Waals surface area contributed by atoms with Crippen LogP contribution in [0.1, 0.15) is 0 Å². The minimum Gasteiger partial charge on any atom is -0.339 e. The standard InChI is InChI=1S/C18H18BrFN2O3S2/c19-14-2-1-3-16(12-14)26-13-18(23)21-8-10-22(11-9-21)27(24,25)17-6-4-15(20)5-7-17/h1-7,12H,8-11,13H2. The van der Waals surface area contributed by atoms with Crippen LogP contribution in [0.2, 0.25) is 0 Å². The average Bonchev–Trinajstić information content (AvgIpc) is 2.66. The molecule has 144 valence electrons. The number of benzene rings is 2. The van der Waals surface area contributed by atoms with Gasteiger partial charge in [0, 0.05) is 35.5 Å². The van der Waals surface area contributed by atoms with Gasteiger partial charge < -0.3 is 4.90 Å². The normalized spacial score (nSPS) is 15.7. The summed E-state index contributed by atoms with van der Waals surface area (Å²) in [5.41, 5.74) is 0. The van der Waals surface area contributed by atoms with Gasteiger partial charge in [-0.15, -0.1) is 11.8 Å². The monoisotopic (exact) mass is 472 g/mol. The van der Waals surface area contributed by atoms with Crippen LogP contribution < -0.4 is 0 Å². The number of sulfonamides is 1. The highest BCUT2D eigenvalue weighted by atomic mass is 79.9. The van der Waals surface area contributed by atoms with Crippen LogP contribution in [0.15, 0.2) is 62.8 Å². The number of amides is 1. The number of hydrogen-bond donors (Lipinski definition) is 0. The maximum atomic E-state index is 13.0. The van der Waals surface area contributed by atoms with Gasteiger partial charge >= 0.3 is 0 Å². The van der Waals surface area contributed by atoms with Crippen molar-refractivity contribution < 1.29 is 17.6 Å². The summed E-state index contributed by atoms with van der Waals surface area (Å²) in [5, 5.41) is 0. The first-order chi connectivity index (χ1) is 12.9. The van der Waals surface area contributed by atoms with Crippen LogP contribution in [-0.2, 0) is 14.8 Å². The smallest absolute Gasteiger partial charge is 0.243 e. The van der Waals surface area contributed by atoms with E-state index in [1.165, 1.54) is 28.2 Å². The van der Waals surface area contributed by atoms with Crippen LogP contribution in [0.5, 0.6) is 0 Å². The van der Waals surface area contributed by atoms with E-state index in [0.29, 0.717) is 18.8 Å². The number of hydrogen-bond acceptors (Lipinski definition) is 4. The van der Waals surface area contributed by atoms with Crippen molar-refractivity contribution in [1.82, 2.24) is 9.21 Å². The van der Waals surface area contributed by atoms with E-state index < -0.39 is 15.8 Å². The van der Waals surface area contributed by atoms with Crippen LogP contribution in [0.25, 0.3) is 0 Å². The van der Waals surface area contributed by atoms with E-state index in [2.05, 4.69) is 15.9 Å². The first kappa shape index (κ1) is 20.3. The predicted octanol–water partition coefficient (Wildman–Crippen LogP) is 3.21. The third-order valence-corrected chi connectivity index (χ3v) is 7.59. The Labute approximate surface area is 170 Å². The Balaban J connectivity index is 1.55. The highest BCUT2D eigenvalue weighted by Gasteiger charge is 2.30. The molecule has 1 aliphatic heterocycles. The number of nitrogens with zero attached hydrogens (tertiary/aromatic N) is 2. The zero-order valence-electron chi connectivity index (χ0n) is 14.3. The minimum absolute atomic E-state index is 0.0150. The van der Waals surface area contributed by atoms with Crippen LogP contribution in [0.3, 0.4) is 0 Å². The summed E-state index contributed by atoms with van der Waals surface area (Å²) in [6, 6.07) is 12.5. The number of piperazine rings is 1. The second-order valence-electron chi connectivity index (χ2n) is 5.98. The highest BCUT2D eigenvalue weighted by Crippen LogP contribution is 2.23. The molecular formula is C18H18BrFN2O3S2. The summed E-state index contributed by atoms with van der Waals surface area (Å²) in [4.78, 5) is 15.1. The van der Waals surface area contributed by atoms with Gasteiger partial charge in [-0.05, 0) is 42.5 Å². The molecule has 2 aromatic carbocycles. The zero-order chi connectivity index (χ0) is 19.4. The van der Waals surface area contributed by atoms with Crippen molar-refractivity contribution >= 4 is 43.6 Å². The van der Waals surface area contributed by atoms with Crippen LogP contribution in [-0.4, -0.2) is 55.5 Å². The Hall–Kier alpha value is -1.42. The van der Waals surface area contributed by atoms with E-state index in [0.717, 1.165) is 21.5 Å². The van der Waals surface area contributed by atoms with Crippen LogP contribution >= 0.6 is 27.7 Å². The molecule has 5 nitrogen and oxygen atoms in total. The van der Waals surface area contributed by atoms with Crippen LogP contribution in [0, 0.1) is 5.82 Å². The fourth-order valence-corrected chi connectivity index (χ4v) is 5.56. The van der Waals surface area contributed by atoms with Crippen molar-refractivity contribution in [3.8, 4) is 0 Å². The molecule has 1 saturated heterocycles. The average molecular weight is 473 g/mol. The molecule has 2 aromatic rings. The molecule has 27 heavy (non-hydrogen) atoms. The summed E-state index contributed by atoms with van der Waals surface area (Å²) in [7, 11) is -3.67. The Bertz CT molecular complexity index is 914. The minimum atomic E-state index is -3.67. The first-order valence-electron chi connectivity index (χ1n) is 8.28. The van der Waals surface area contributed by atoms with Crippen molar-refractivity contribution in [3.05, 3.63) is 58.8 Å². The van der Waals surface area contributed by atoms with E-state index in [4.69, 9.17) is 0 Å². The molecule has 3 rings (SSSR count). The largest absolute Gasteiger partial charge is 0.339 e. The molecule has 0 unspecified atom stereocenters. The number of rotatable bonds is 5. The quantitative estimate of drug-likeness (QED) is 0.626.